The molecule has 0 fully saturated rings. The van der Waals surface area contributed by atoms with Crippen molar-refractivity contribution in [1.82, 2.24) is 14.8 Å². The highest BCUT2D eigenvalue weighted by atomic mass is 79.9. The van der Waals surface area contributed by atoms with E-state index < -0.39 is 0 Å². The Bertz CT molecular complexity index is 571. The highest BCUT2D eigenvalue weighted by Gasteiger charge is 2.06. The maximum absolute atomic E-state index is 11.6. The number of aromatic nitrogens is 3. The number of nitrogens with one attached hydrogen (secondary N) is 1. The van der Waals surface area contributed by atoms with Gasteiger partial charge in [0.05, 0.1) is 5.69 Å². The number of H-pyrrole nitrogens is 1. The molecule has 2 aromatic rings. The molecule has 4 nitrogen and oxygen atoms in total. The number of nitrogens with zero attached hydrogens (tertiary/aromatic N) is 2. The number of hydrogen-bond acceptors (Lipinski definition) is 2. The molecule has 16 heavy (non-hydrogen) atoms. The van der Waals surface area contributed by atoms with Crippen molar-refractivity contribution in [3.63, 3.8) is 0 Å². The molecule has 1 heterocycles. The Morgan fingerprint density at radius 1 is 1.50 bits per heavy atom. The van der Waals surface area contributed by atoms with Gasteiger partial charge in [0.1, 0.15) is 5.82 Å². The third-order valence-corrected chi connectivity index (χ3v) is 3.16. The Morgan fingerprint density at radius 3 is 2.81 bits per heavy atom. The Labute approximate surface area is 101 Å². The second kappa shape index (κ2) is 4.25. The van der Waals surface area contributed by atoms with Gasteiger partial charge in [0.2, 0.25) is 0 Å². The van der Waals surface area contributed by atoms with Gasteiger partial charge in [-0.3, -0.25) is 4.98 Å². The predicted octanol–water partition coefficient (Wildman–Crippen LogP) is 2.19. The molecule has 0 amide bonds. The molecule has 0 unspecified atom stereocenters. The molecular formula is C11H12BrN3O. The molecule has 0 aliphatic heterocycles. The van der Waals surface area contributed by atoms with Crippen LogP contribution in [0.4, 0.5) is 0 Å². The van der Waals surface area contributed by atoms with Gasteiger partial charge in [-0.05, 0) is 37.1 Å². The lowest BCUT2D eigenvalue weighted by atomic mass is 10.1. The monoisotopic (exact) mass is 281 g/mol. The van der Waals surface area contributed by atoms with E-state index in [4.69, 9.17) is 0 Å². The van der Waals surface area contributed by atoms with E-state index in [0.29, 0.717) is 5.82 Å². The number of aromatic amines is 1. The summed E-state index contributed by atoms with van der Waals surface area (Å²) in [6.07, 6.45) is 0.909. The van der Waals surface area contributed by atoms with Gasteiger partial charge >= 0.3 is 5.69 Å². The zero-order valence-corrected chi connectivity index (χ0v) is 10.7. The first kappa shape index (κ1) is 11.1. The van der Waals surface area contributed by atoms with Crippen molar-refractivity contribution >= 4 is 15.9 Å². The van der Waals surface area contributed by atoms with E-state index in [-0.39, 0.29) is 5.69 Å². The molecule has 0 bridgehead atoms. The minimum atomic E-state index is -0.207. The summed E-state index contributed by atoms with van der Waals surface area (Å²) in [6, 6.07) is 5.77. The van der Waals surface area contributed by atoms with Crippen molar-refractivity contribution in [1.29, 1.82) is 0 Å². The molecule has 0 spiro atoms. The topological polar surface area (TPSA) is 50.7 Å². The fourth-order valence-corrected chi connectivity index (χ4v) is 2.09. The van der Waals surface area contributed by atoms with Crippen LogP contribution in [-0.2, 0) is 6.42 Å². The molecule has 1 aromatic heterocycles. The molecule has 2 rings (SSSR count). The molecule has 5 heteroatoms. The van der Waals surface area contributed by atoms with Crippen LogP contribution < -0.4 is 5.69 Å². The van der Waals surface area contributed by atoms with Gasteiger partial charge in [-0.15, -0.1) is 0 Å². The van der Waals surface area contributed by atoms with Gasteiger partial charge in [-0.2, -0.15) is 9.78 Å². The van der Waals surface area contributed by atoms with Crippen molar-refractivity contribution < 1.29 is 0 Å². The van der Waals surface area contributed by atoms with E-state index in [1.165, 1.54) is 4.68 Å². The summed E-state index contributed by atoms with van der Waals surface area (Å²) in [5.74, 6) is 0.617. The molecule has 0 saturated heterocycles. The van der Waals surface area contributed by atoms with Gasteiger partial charge < -0.3 is 0 Å². The van der Waals surface area contributed by atoms with Crippen molar-refractivity contribution in [2.45, 2.75) is 20.3 Å². The summed E-state index contributed by atoms with van der Waals surface area (Å²) in [5, 5.41) is 4.12. The summed E-state index contributed by atoms with van der Waals surface area (Å²) >= 11 is 3.47. The molecular weight excluding hydrogens is 270 g/mol. The average molecular weight is 282 g/mol. The van der Waals surface area contributed by atoms with Gasteiger partial charge in [-0.25, -0.2) is 4.79 Å². The van der Waals surface area contributed by atoms with Gasteiger partial charge in [0.25, 0.3) is 0 Å². The quantitative estimate of drug-likeness (QED) is 0.918. The largest absolute Gasteiger partial charge is 0.348 e. The summed E-state index contributed by atoms with van der Waals surface area (Å²) in [4.78, 5) is 14.2. The lowest BCUT2D eigenvalue weighted by molar-refractivity contribution is 0.830. The average Bonchev–Trinajstić information content (AvgIpc) is 2.59. The van der Waals surface area contributed by atoms with E-state index in [9.17, 15) is 4.79 Å². The summed E-state index contributed by atoms with van der Waals surface area (Å²) in [5.41, 5.74) is 1.74. The number of hydrogen-bond donors (Lipinski definition) is 1. The van der Waals surface area contributed by atoms with Crippen molar-refractivity contribution in [3.05, 3.63) is 44.5 Å². The van der Waals surface area contributed by atoms with Gasteiger partial charge in [0, 0.05) is 4.47 Å². The first-order chi connectivity index (χ1) is 7.61. The maximum atomic E-state index is 11.6. The molecule has 1 N–H and O–H groups in total. The molecule has 0 aliphatic carbocycles. The fourth-order valence-electron chi connectivity index (χ4n) is 1.57. The van der Waals surface area contributed by atoms with Crippen molar-refractivity contribution in [3.8, 4) is 5.69 Å². The lowest BCUT2D eigenvalue weighted by Gasteiger charge is -2.04. The maximum Gasteiger partial charge on any atom is 0.348 e. The van der Waals surface area contributed by atoms with E-state index >= 15 is 0 Å². The van der Waals surface area contributed by atoms with Crippen LogP contribution in [0.1, 0.15) is 18.3 Å². The number of aryl methyl sites for hydroxylation is 2. The first-order valence-electron chi connectivity index (χ1n) is 5.06. The smallest absolute Gasteiger partial charge is 0.293 e. The fraction of sp³-hybridized carbons (Fsp3) is 0.273. The Hall–Kier alpha value is -1.36. The molecule has 0 aliphatic rings. The van der Waals surface area contributed by atoms with Crippen LogP contribution in [0.15, 0.2) is 27.5 Å². The molecule has 0 saturated carbocycles. The highest BCUT2D eigenvalue weighted by Crippen LogP contribution is 2.19. The normalized spacial score (nSPS) is 10.7. The van der Waals surface area contributed by atoms with Crippen LogP contribution in [0.25, 0.3) is 5.69 Å². The standard InChI is InChI=1S/C11H12BrN3O/c1-3-8-6-9(4-5-10(8)12)15-11(16)13-7(2)14-15/h4-6H,3H2,1-2H3,(H,13,14,16). The minimum Gasteiger partial charge on any atom is -0.293 e. The first-order valence-corrected chi connectivity index (χ1v) is 5.86. The Kier molecular flexibility index (Phi) is 2.96. The van der Waals surface area contributed by atoms with Crippen LogP contribution in [0, 0.1) is 6.92 Å². The van der Waals surface area contributed by atoms with Crippen molar-refractivity contribution in [2.24, 2.45) is 0 Å². The van der Waals surface area contributed by atoms with E-state index in [0.717, 1.165) is 22.1 Å². The molecule has 84 valence electrons. The third-order valence-electron chi connectivity index (χ3n) is 2.38. The van der Waals surface area contributed by atoms with Crippen molar-refractivity contribution in [2.75, 3.05) is 0 Å². The summed E-state index contributed by atoms with van der Waals surface area (Å²) in [6.45, 7) is 3.83. The predicted molar refractivity (Wildman–Crippen MR) is 66.0 cm³/mol. The van der Waals surface area contributed by atoms with Crippen LogP contribution in [0.3, 0.4) is 0 Å². The Balaban J connectivity index is 2.56. The third kappa shape index (κ3) is 1.95. The van der Waals surface area contributed by atoms with E-state index in [1.807, 2.05) is 18.2 Å². The number of halogens is 1. The van der Waals surface area contributed by atoms with Crippen LogP contribution >= 0.6 is 15.9 Å². The number of benzene rings is 1. The van der Waals surface area contributed by atoms with Gasteiger partial charge in [-0.1, -0.05) is 22.9 Å². The van der Waals surface area contributed by atoms with Gasteiger partial charge in [0.15, 0.2) is 0 Å². The molecule has 0 atom stereocenters. The zero-order chi connectivity index (χ0) is 11.7. The van der Waals surface area contributed by atoms with Crippen LogP contribution in [0.5, 0.6) is 0 Å². The minimum absolute atomic E-state index is 0.207. The second-order valence-corrected chi connectivity index (χ2v) is 4.41. The van der Waals surface area contributed by atoms with Crippen LogP contribution in [-0.4, -0.2) is 14.8 Å². The zero-order valence-electron chi connectivity index (χ0n) is 9.12. The highest BCUT2D eigenvalue weighted by molar-refractivity contribution is 9.10. The van der Waals surface area contributed by atoms with E-state index in [2.05, 4.69) is 32.9 Å². The number of rotatable bonds is 2. The summed E-state index contributed by atoms with van der Waals surface area (Å²) < 4.78 is 2.43. The molecule has 0 radical (unpaired) electrons. The second-order valence-electron chi connectivity index (χ2n) is 3.56. The summed E-state index contributed by atoms with van der Waals surface area (Å²) in [7, 11) is 0. The molecule has 1 aromatic carbocycles. The lowest BCUT2D eigenvalue weighted by Crippen LogP contribution is -2.16. The SMILES string of the molecule is CCc1cc(-n2nc(C)[nH]c2=O)ccc1Br. The van der Waals surface area contributed by atoms with Crippen LogP contribution in [0.2, 0.25) is 0 Å². The van der Waals surface area contributed by atoms with E-state index in [1.54, 1.807) is 6.92 Å². The Morgan fingerprint density at radius 2 is 2.25 bits per heavy atom.